The van der Waals surface area contributed by atoms with Gasteiger partial charge in [-0.1, -0.05) is 22.0 Å². The summed E-state index contributed by atoms with van der Waals surface area (Å²) in [5.74, 6) is 0.0281. The lowest BCUT2D eigenvalue weighted by molar-refractivity contribution is -0.00461. The Kier molecular flexibility index (Phi) is 4.60. The Bertz CT molecular complexity index is 466. The summed E-state index contributed by atoms with van der Waals surface area (Å²) in [4.78, 5) is 14.3. The molecule has 104 valence electrons. The molecule has 0 aromatic heterocycles. The summed E-state index contributed by atoms with van der Waals surface area (Å²) in [5.41, 5.74) is 1.70. The Morgan fingerprint density at radius 2 is 1.84 bits per heavy atom. The topological polar surface area (TPSA) is 38.8 Å². The molecule has 1 aromatic carbocycles. The molecule has 4 nitrogen and oxygen atoms in total. The Morgan fingerprint density at radius 3 is 2.37 bits per heavy atom. The van der Waals surface area contributed by atoms with Crippen molar-refractivity contribution < 1.29 is 14.3 Å². The van der Waals surface area contributed by atoms with Gasteiger partial charge < -0.3 is 14.4 Å². The monoisotopic (exact) mass is 327 g/mol. The first-order chi connectivity index (χ1) is 9.06. The minimum atomic E-state index is -0.0543. The van der Waals surface area contributed by atoms with E-state index in [0.29, 0.717) is 13.1 Å². The van der Waals surface area contributed by atoms with Crippen molar-refractivity contribution in [3.63, 3.8) is 0 Å². The Hall–Kier alpha value is -0.910. The summed E-state index contributed by atoms with van der Waals surface area (Å²) in [6, 6.07) is 5.74. The summed E-state index contributed by atoms with van der Waals surface area (Å²) in [7, 11) is 3.30. The van der Waals surface area contributed by atoms with Crippen LogP contribution in [0.2, 0.25) is 0 Å². The summed E-state index contributed by atoms with van der Waals surface area (Å²) >= 11 is 3.40. The van der Waals surface area contributed by atoms with Gasteiger partial charge in [-0.2, -0.15) is 0 Å². The Balaban J connectivity index is 2.19. The summed E-state index contributed by atoms with van der Waals surface area (Å²) in [5, 5.41) is 0. The van der Waals surface area contributed by atoms with E-state index in [9.17, 15) is 4.79 Å². The van der Waals surface area contributed by atoms with Crippen LogP contribution in [-0.4, -0.2) is 50.3 Å². The molecule has 1 heterocycles. The fourth-order valence-corrected chi connectivity index (χ4v) is 2.72. The number of benzene rings is 1. The number of rotatable bonds is 3. The lowest BCUT2D eigenvalue weighted by Gasteiger charge is -2.17. The molecular weight excluding hydrogens is 310 g/mol. The average molecular weight is 328 g/mol. The number of likely N-dealkylation sites (tertiary alicyclic amines) is 1. The molecule has 2 atom stereocenters. The molecule has 2 unspecified atom stereocenters. The first-order valence-electron chi connectivity index (χ1n) is 6.17. The van der Waals surface area contributed by atoms with Crippen molar-refractivity contribution in [2.75, 3.05) is 27.3 Å². The van der Waals surface area contributed by atoms with Crippen LogP contribution < -0.4 is 0 Å². The number of hydrogen-bond donors (Lipinski definition) is 0. The molecule has 0 aliphatic carbocycles. The normalized spacial score (nSPS) is 22.8. The minimum Gasteiger partial charge on any atom is -0.377 e. The predicted octanol–water partition coefficient (Wildman–Crippen LogP) is 2.24. The maximum absolute atomic E-state index is 12.5. The molecule has 1 aliphatic heterocycles. The van der Waals surface area contributed by atoms with Crippen molar-refractivity contribution in [3.05, 3.63) is 33.8 Å². The average Bonchev–Trinajstić information content (AvgIpc) is 2.84. The highest BCUT2D eigenvalue weighted by atomic mass is 79.9. The van der Waals surface area contributed by atoms with Gasteiger partial charge in [-0.05, 0) is 24.6 Å². The second-order valence-electron chi connectivity index (χ2n) is 4.72. The van der Waals surface area contributed by atoms with Crippen LogP contribution in [0.15, 0.2) is 22.7 Å². The molecule has 1 aromatic rings. The third kappa shape index (κ3) is 2.99. The predicted molar refractivity (Wildman–Crippen MR) is 76.4 cm³/mol. The van der Waals surface area contributed by atoms with Crippen LogP contribution in [-0.2, 0) is 9.47 Å². The number of methoxy groups -OCH3 is 2. The maximum atomic E-state index is 12.5. The van der Waals surface area contributed by atoms with Crippen LogP contribution in [0.25, 0.3) is 0 Å². The second kappa shape index (κ2) is 6.03. The van der Waals surface area contributed by atoms with Crippen LogP contribution in [0.3, 0.4) is 0 Å². The van der Waals surface area contributed by atoms with Gasteiger partial charge in [0.2, 0.25) is 0 Å². The van der Waals surface area contributed by atoms with Gasteiger partial charge in [0.05, 0.1) is 0 Å². The SMILES string of the molecule is COC1CN(C(=O)c2cc(Br)ccc2C)CC1OC. The van der Waals surface area contributed by atoms with Crippen LogP contribution in [0, 0.1) is 6.92 Å². The summed E-state index contributed by atoms with van der Waals surface area (Å²) in [6.07, 6.45) is -0.109. The fraction of sp³-hybridized carbons (Fsp3) is 0.500. The van der Waals surface area contributed by atoms with E-state index in [1.165, 1.54) is 0 Å². The van der Waals surface area contributed by atoms with Gasteiger partial charge >= 0.3 is 0 Å². The molecule has 0 bridgehead atoms. The molecule has 1 fully saturated rings. The van der Waals surface area contributed by atoms with Crippen molar-refractivity contribution in [1.82, 2.24) is 4.90 Å². The van der Waals surface area contributed by atoms with E-state index in [0.717, 1.165) is 15.6 Å². The molecule has 0 N–H and O–H groups in total. The van der Waals surface area contributed by atoms with Crippen molar-refractivity contribution in [2.45, 2.75) is 19.1 Å². The van der Waals surface area contributed by atoms with Crippen LogP contribution in [0.4, 0.5) is 0 Å². The molecule has 0 spiro atoms. The number of hydrogen-bond acceptors (Lipinski definition) is 3. The van der Waals surface area contributed by atoms with Crippen molar-refractivity contribution in [3.8, 4) is 0 Å². The number of carbonyl (C=O) groups excluding carboxylic acids is 1. The number of nitrogens with zero attached hydrogens (tertiary/aromatic N) is 1. The number of ether oxygens (including phenoxy) is 2. The van der Waals surface area contributed by atoms with Gasteiger partial charge in [0, 0.05) is 37.3 Å². The third-order valence-corrected chi connectivity index (χ3v) is 4.03. The zero-order chi connectivity index (χ0) is 14.0. The molecule has 0 saturated carbocycles. The van der Waals surface area contributed by atoms with Gasteiger partial charge in [-0.25, -0.2) is 0 Å². The van der Waals surface area contributed by atoms with E-state index in [-0.39, 0.29) is 18.1 Å². The Labute approximate surface area is 121 Å². The van der Waals surface area contributed by atoms with E-state index in [4.69, 9.17) is 9.47 Å². The van der Waals surface area contributed by atoms with E-state index in [1.54, 1.807) is 19.1 Å². The van der Waals surface area contributed by atoms with Crippen LogP contribution >= 0.6 is 15.9 Å². The summed E-state index contributed by atoms with van der Waals surface area (Å²) < 4.78 is 11.6. The van der Waals surface area contributed by atoms with Crippen molar-refractivity contribution in [2.24, 2.45) is 0 Å². The zero-order valence-electron chi connectivity index (χ0n) is 11.4. The van der Waals surface area contributed by atoms with Gasteiger partial charge in [0.1, 0.15) is 12.2 Å². The number of aryl methyl sites for hydroxylation is 1. The van der Waals surface area contributed by atoms with Gasteiger partial charge in [-0.3, -0.25) is 4.79 Å². The second-order valence-corrected chi connectivity index (χ2v) is 5.63. The van der Waals surface area contributed by atoms with E-state index in [1.807, 2.05) is 25.1 Å². The minimum absolute atomic E-state index is 0.0281. The van der Waals surface area contributed by atoms with Crippen LogP contribution in [0.1, 0.15) is 15.9 Å². The van der Waals surface area contributed by atoms with E-state index >= 15 is 0 Å². The summed E-state index contributed by atoms with van der Waals surface area (Å²) in [6.45, 7) is 3.08. The molecule has 2 rings (SSSR count). The van der Waals surface area contributed by atoms with E-state index < -0.39 is 0 Å². The smallest absolute Gasteiger partial charge is 0.254 e. The van der Waals surface area contributed by atoms with E-state index in [2.05, 4.69) is 15.9 Å². The molecular formula is C14H18BrNO3. The van der Waals surface area contributed by atoms with Gasteiger partial charge in [0.25, 0.3) is 5.91 Å². The maximum Gasteiger partial charge on any atom is 0.254 e. The Morgan fingerprint density at radius 1 is 1.26 bits per heavy atom. The van der Waals surface area contributed by atoms with Crippen LogP contribution in [0.5, 0.6) is 0 Å². The standard InChI is InChI=1S/C14H18BrNO3/c1-9-4-5-10(15)6-11(9)14(17)16-7-12(18-2)13(8-16)19-3/h4-6,12-13H,7-8H2,1-3H3. The first kappa shape index (κ1) is 14.5. The highest BCUT2D eigenvalue weighted by Crippen LogP contribution is 2.22. The first-order valence-corrected chi connectivity index (χ1v) is 6.97. The van der Waals surface area contributed by atoms with Crippen molar-refractivity contribution in [1.29, 1.82) is 0 Å². The number of amides is 1. The van der Waals surface area contributed by atoms with Gasteiger partial charge in [0.15, 0.2) is 0 Å². The highest BCUT2D eigenvalue weighted by molar-refractivity contribution is 9.10. The molecule has 1 amide bonds. The molecule has 5 heteroatoms. The fourth-order valence-electron chi connectivity index (χ4n) is 2.36. The lowest BCUT2D eigenvalue weighted by atomic mass is 10.1. The number of carbonyl (C=O) groups is 1. The molecule has 0 radical (unpaired) electrons. The quantitative estimate of drug-likeness (QED) is 0.854. The van der Waals surface area contributed by atoms with Gasteiger partial charge in [-0.15, -0.1) is 0 Å². The highest BCUT2D eigenvalue weighted by Gasteiger charge is 2.36. The van der Waals surface area contributed by atoms with Crippen molar-refractivity contribution >= 4 is 21.8 Å². The zero-order valence-corrected chi connectivity index (χ0v) is 12.9. The largest absolute Gasteiger partial charge is 0.377 e. The lowest BCUT2D eigenvalue weighted by Crippen LogP contribution is -2.30. The molecule has 1 aliphatic rings. The third-order valence-electron chi connectivity index (χ3n) is 3.54. The number of halogens is 1. The molecule has 1 saturated heterocycles. The molecule has 19 heavy (non-hydrogen) atoms.